The summed E-state index contributed by atoms with van der Waals surface area (Å²) in [6.07, 6.45) is 1.24. The number of esters is 4. The van der Waals surface area contributed by atoms with Crippen molar-refractivity contribution in [3.63, 3.8) is 0 Å². The van der Waals surface area contributed by atoms with Gasteiger partial charge in [0.2, 0.25) is 0 Å². The molecule has 264 valence electrons. The highest BCUT2D eigenvalue weighted by atomic mass is 16.6. The summed E-state index contributed by atoms with van der Waals surface area (Å²) in [6.45, 7) is 29.3. The van der Waals surface area contributed by atoms with Crippen molar-refractivity contribution >= 4 is 29.7 Å². The van der Waals surface area contributed by atoms with E-state index in [1.54, 1.807) is 13.8 Å². The molecule has 0 aromatic rings. The zero-order chi connectivity index (χ0) is 35.9. The van der Waals surface area contributed by atoms with Crippen molar-refractivity contribution in [1.29, 1.82) is 0 Å². The second kappa shape index (κ2) is 18.8. The molecule has 0 aromatic heterocycles. The van der Waals surface area contributed by atoms with Crippen LogP contribution < -0.4 is 5.48 Å². The van der Waals surface area contributed by atoms with Crippen LogP contribution in [0.25, 0.3) is 0 Å². The minimum absolute atomic E-state index is 0.208. The van der Waals surface area contributed by atoms with E-state index < -0.39 is 16.8 Å². The number of hydrogen-bond acceptors (Lipinski definition) is 12. The number of amidine groups is 1. The van der Waals surface area contributed by atoms with Crippen molar-refractivity contribution in [2.45, 2.75) is 82.1 Å². The summed E-state index contributed by atoms with van der Waals surface area (Å²) in [5.41, 5.74) is 1.84. The van der Waals surface area contributed by atoms with Gasteiger partial charge in [0.05, 0.1) is 51.3 Å². The van der Waals surface area contributed by atoms with Crippen LogP contribution in [0.15, 0.2) is 29.3 Å². The van der Waals surface area contributed by atoms with E-state index in [0.29, 0.717) is 56.8 Å². The van der Waals surface area contributed by atoms with Gasteiger partial charge in [-0.3, -0.25) is 14.6 Å². The van der Waals surface area contributed by atoms with Gasteiger partial charge >= 0.3 is 23.9 Å². The van der Waals surface area contributed by atoms with Crippen LogP contribution in [0.3, 0.4) is 0 Å². The molecular weight excluding hydrogens is 594 g/mol. The Labute approximate surface area is 276 Å². The van der Waals surface area contributed by atoms with Gasteiger partial charge in [-0.25, -0.2) is 9.59 Å². The molecule has 1 rings (SSSR count). The number of aliphatic imine (C=N–C) groups is 1. The highest BCUT2D eigenvalue weighted by Gasteiger charge is 2.41. The lowest BCUT2D eigenvalue weighted by Crippen LogP contribution is -2.43. The van der Waals surface area contributed by atoms with E-state index in [0.717, 1.165) is 12.4 Å². The molecule has 12 heteroatoms. The lowest BCUT2D eigenvalue weighted by Gasteiger charge is -2.36. The van der Waals surface area contributed by atoms with Crippen LogP contribution in [-0.2, 0) is 43.0 Å². The number of hydroxylamine groups is 1. The Morgan fingerprint density at radius 2 is 1.28 bits per heavy atom. The van der Waals surface area contributed by atoms with Crippen LogP contribution in [0, 0.1) is 21.7 Å². The molecule has 0 fully saturated rings. The van der Waals surface area contributed by atoms with E-state index in [1.165, 1.54) is 14.2 Å². The minimum atomic E-state index is -0.596. The van der Waals surface area contributed by atoms with Crippen LogP contribution in [0.1, 0.15) is 82.1 Å². The molecule has 1 heterocycles. The van der Waals surface area contributed by atoms with Gasteiger partial charge in [-0.15, -0.1) is 0 Å². The van der Waals surface area contributed by atoms with Gasteiger partial charge in [0.1, 0.15) is 19.0 Å². The minimum Gasteiger partial charge on any atom is -0.469 e. The second-order valence-corrected chi connectivity index (χ2v) is 14.4. The van der Waals surface area contributed by atoms with Crippen LogP contribution >= 0.6 is 0 Å². The maximum atomic E-state index is 12.0. The quantitative estimate of drug-likeness (QED) is 0.0725. The summed E-state index contributed by atoms with van der Waals surface area (Å²) >= 11 is 0. The fourth-order valence-corrected chi connectivity index (χ4v) is 5.47. The monoisotopic (exact) mass is 653 g/mol. The first kappa shape index (κ1) is 42.8. The molecule has 0 radical (unpaired) electrons. The average molecular weight is 654 g/mol. The van der Waals surface area contributed by atoms with E-state index in [2.05, 4.69) is 42.4 Å². The Hall–Kier alpha value is -3.25. The van der Waals surface area contributed by atoms with Crippen LogP contribution in [0.4, 0.5) is 0 Å². The Morgan fingerprint density at radius 3 is 1.76 bits per heavy atom. The smallest absolute Gasteiger partial charge is 0.333 e. The lowest BCUT2D eigenvalue weighted by molar-refractivity contribution is -0.153. The number of nitrogens with zero attached hydrogens (tertiary/aromatic N) is 2. The van der Waals surface area contributed by atoms with Gasteiger partial charge in [0, 0.05) is 23.1 Å². The van der Waals surface area contributed by atoms with Gasteiger partial charge in [-0.2, -0.15) is 5.48 Å². The molecule has 0 aliphatic carbocycles. The zero-order valence-electron chi connectivity index (χ0n) is 30.3. The van der Waals surface area contributed by atoms with Crippen molar-refractivity contribution in [2.75, 3.05) is 60.2 Å². The van der Waals surface area contributed by atoms with Gasteiger partial charge in [-0.1, -0.05) is 40.9 Å². The van der Waals surface area contributed by atoms with Gasteiger partial charge in [-0.05, 0) is 59.8 Å². The third kappa shape index (κ3) is 15.4. The number of carbonyl (C=O) groups is 4. The van der Waals surface area contributed by atoms with E-state index in [9.17, 15) is 19.2 Å². The molecule has 0 atom stereocenters. The molecule has 0 saturated heterocycles. The number of nitrogens with one attached hydrogen (secondary N) is 1. The molecule has 1 aliphatic heterocycles. The van der Waals surface area contributed by atoms with Crippen molar-refractivity contribution in [3.8, 4) is 0 Å². The standard InChI is InChI=1S/C18H30N2O4.C16H29NO5/c1-13(2)14(21)24-11-10-20-9-8-19-15(20)17(3,4)12-18(5,6)16(22)23-7;1-12(2)13(18)21-9-8-17-22-11-15(3,4)10-16(5,6)14(19)20-7/h1,8-12H2,2-7H3;17H,1,8-11H2,2-7H3. The van der Waals surface area contributed by atoms with Gasteiger partial charge in [0.15, 0.2) is 0 Å². The first-order valence-electron chi connectivity index (χ1n) is 15.5. The molecule has 1 N–H and O–H groups in total. The van der Waals surface area contributed by atoms with E-state index in [1.807, 2.05) is 41.5 Å². The molecule has 12 nitrogen and oxygen atoms in total. The largest absolute Gasteiger partial charge is 0.469 e. The summed E-state index contributed by atoms with van der Waals surface area (Å²) in [5.74, 6) is -0.303. The SMILES string of the molecule is C=C(C)C(=O)OCCN1CCN=C1C(C)(C)CC(C)(C)C(=O)OC.C=C(C)C(=O)OCCNOCC(C)(C)CC(C)(C)C(=O)OC. The topological polar surface area (TPSA) is 142 Å². The Kier molecular flexibility index (Phi) is 17.5. The Bertz CT molecular complexity index is 1110. The number of rotatable bonds is 18. The summed E-state index contributed by atoms with van der Waals surface area (Å²) < 4.78 is 19.8. The average Bonchev–Trinajstić information content (AvgIpc) is 3.42. The second-order valence-electron chi connectivity index (χ2n) is 14.4. The molecule has 0 unspecified atom stereocenters. The molecule has 0 aromatic carbocycles. The maximum Gasteiger partial charge on any atom is 0.333 e. The Balaban J connectivity index is 0.000000885. The summed E-state index contributed by atoms with van der Waals surface area (Å²) in [4.78, 5) is 58.4. The first-order valence-corrected chi connectivity index (χ1v) is 15.5. The van der Waals surface area contributed by atoms with Crippen LogP contribution in [-0.4, -0.2) is 94.8 Å². The predicted molar refractivity (Wildman–Crippen MR) is 178 cm³/mol. The number of methoxy groups -OCH3 is 2. The van der Waals surface area contributed by atoms with Crippen LogP contribution in [0.5, 0.6) is 0 Å². The van der Waals surface area contributed by atoms with E-state index in [-0.39, 0.29) is 35.3 Å². The summed E-state index contributed by atoms with van der Waals surface area (Å²) in [6, 6.07) is 0. The fourth-order valence-electron chi connectivity index (χ4n) is 5.47. The zero-order valence-corrected chi connectivity index (χ0v) is 30.3. The highest BCUT2D eigenvalue weighted by Crippen LogP contribution is 2.38. The predicted octanol–water partition coefficient (Wildman–Crippen LogP) is 4.68. The molecular formula is C34H59N3O9. The Morgan fingerprint density at radius 1 is 0.804 bits per heavy atom. The first-order chi connectivity index (χ1) is 21.0. The van der Waals surface area contributed by atoms with E-state index in [4.69, 9.17) is 23.8 Å². The third-order valence-corrected chi connectivity index (χ3v) is 7.11. The number of hydrogen-bond donors (Lipinski definition) is 1. The molecule has 46 heavy (non-hydrogen) atoms. The third-order valence-electron chi connectivity index (χ3n) is 7.11. The lowest BCUT2D eigenvalue weighted by atomic mass is 9.74. The van der Waals surface area contributed by atoms with Crippen molar-refractivity contribution in [3.05, 3.63) is 24.3 Å². The highest BCUT2D eigenvalue weighted by molar-refractivity contribution is 5.90. The maximum absolute atomic E-state index is 12.0. The number of ether oxygens (including phenoxy) is 4. The van der Waals surface area contributed by atoms with Crippen molar-refractivity contribution in [2.24, 2.45) is 26.7 Å². The van der Waals surface area contributed by atoms with Gasteiger partial charge in [0.25, 0.3) is 0 Å². The normalized spacial score (nSPS) is 13.6. The molecule has 0 bridgehead atoms. The molecule has 0 saturated carbocycles. The summed E-state index contributed by atoms with van der Waals surface area (Å²) in [7, 11) is 2.80. The number of carbonyl (C=O) groups excluding carboxylic acids is 4. The molecule has 0 amide bonds. The fraction of sp³-hybridized carbons (Fsp3) is 0.735. The van der Waals surface area contributed by atoms with Gasteiger partial charge < -0.3 is 28.7 Å². The van der Waals surface area contributed by atoms with Crippen molar-refractivity contribution < 1.29 is 43.0 Å². The van der Waals surface area contributed by atoms with Crippen molar-refractivity contribution in [1.82, 2.24) is 10.4 Å². The molecule has 1 aliphatic rings. The summed E-state index contributed by atoms with van der Waals surface area (Å²) in [5, 5.41) is 0. The van der Waals surface area contributed by atoms with Crippen LogP contribution in [0.2, 0.25) is 0 Å². The molecule has 0 spiro atoms. The van der Waals surface area contributed by atoms with E-state index >= 15 is 0 Å².